The molecule has 0 unspecified atom stereocenters. The van der Waals surface area contributed by atoms with E-state index in [-0.39, 0.29) is 25.5 Å². The monoisotopic (exact) mass is 399 g/mol. The number of hydrogen-bond donors (Lipinski definition) is 0. The van der Waals surface area contributed by atoms with Crippen LogP contribution in [0.1, 0.15) is 38.5 Å². The molecule has 0 N–H and O–H groups in total. The summed E-state index contributed by atoms with van der Waals surface area (Å²) in [5.74, 6) is -0.611. The second-order valence-electron chi connectivity index (χ2n) is 7.37. The predicted molar refractivity (Wildman–Crippen MR) is 104 cm³/mol. The Labute approximate surface area is 170 Å². The zero-order valence-electron chi connectivity index (χ0n) is 16.6. The molecule has 0 bridgehead atoms. The first-order valence-electron chi connectivity index (χ1n) is 9.82. The Morgan fingerprint density at radius 1 is 1.28 bits per heavy atom. The van der Waals surface area contributed by atoms with Crippen molar-refractivity contribution in [3.8, 4) is 11.8 Å². The zero-order valence-corrected chi connectivity index (χ0v) is 16.6. The Kier molecular flexibility index (Phi) is 6.37. The van der Waals surface area contributed by atoms with Crippen LogP contribution in [0.3, 0.4) is 0 Å². The number of nitrogens with zero attached hydrogens (tertiary/aromatic N) is 3. The van der Waals surface area contributed by atoms with E-state index in [0.29, 0.717) is 24.3 Å². The molecule has 2 amide bonds. The highest BCUT2D eigenvalue weighted by molar-refractivity contribution is 5.98. The van der Waals surface area contributed by atoms with Crippen molar-refractivity contribution in [2.75, 3.05) is 31.7 Å². The quantitative estimate of drug-likeness (QED) is 0.679. The van der Waals surface area contributed by atoms with E-state index in [1.165, 1.54) is 9.80 Å². The van der Waals surface area contributed by atoms with E-state index in [1.807, 2.05) is 6.07 Å². The van der Waals surface area contributed by atoms with Crippen molar-refractivity contribution >= 4 is 23.5 Å². The third kappa shape index (κ3) is 4.50. The third-order valence-corrected chi connectivity index (χ3v) is 5.61. The predicted octanol–water partition coefficient (Wildman–Crippen LogP) is 2.03. The minimum absolute atomic E-state index is 0.0412. The number of carbonyl (C=O) groups excluding carboxylic acids is 3. The van der Waals surface area contributed by atoms with Crippen molar-refractivity contribution in [1.29, 1.82) is 5.26 Å². The fourth-order valence-electron chi connectivity index (χ4n) is 3.81. The van der Waals surface area contributed by atoms with Crippen LogP contribution in [0, 0.1) is 11.3 Å². The highest BCUT2D eigenvalue weighted by Crippen LogP contribution is 2.33. The fraction of sp³-hybridized carbons (Fsp3) is 0.524. The zero-order chi connectivity index (χ0) is 20.9. The molecule has 1 aliphatic carbocycles. The van der Waals surface area contributed by atoms with Gasteiger partial charge < -0.3 is 19.3 Å². The SMILES string of the molecule is CN(C(=O)COC(=O)CCN1C(=O)COc2ccccc21)C1(C#N)CCCCC1. The van der Waals surface area contributed by atoms with Crippen molar-refractivity contribution in [3.63, 3.8) is 0 Å². The number of anilines is 1. The number of carbonyl (C=O) groups is 3. The molecule has 3 rings (SSSR count). The van der Waals surface area contributed by atoms with Crippen molar-refractivity contribution in [1.82, 2.24) is 4.90 Å². The van der Waals surface area contributed by atoms with Gasteiger partial charge in [-0.15, -0.1) is 0 Å². The van der Waals surface area contributed by atoms with Gasteiger partial charge in [0.2, 0.25) is 0 Å². The lowest BCUT2D eigenvalue weighted by Crippen LogP contribution is -2.51. The Bertz CT molecular complexity index is 826. The summed E-state index contributed by atoms with van der Waals surface area (Å²) in [6.45, 7) is -0.345. The highest BCUT2D eigenvalue weighted by Gasteiger charge is 2.39. The van der Waals surface area contributed by atoms with Crippen LogP contribution >= 0.6 is 0 Å². The van der Waals surface area contributed by atoms with Gasteiger partial charge in [0.05, 0.1) is 18.2 Å². The minimum Gasteiger partial charge on any atom is -0.482 e. The van der Waals surface area contributed by atoms with E-state index in [9.17, 15) is 19.6 Å². The van der Waals surface area contributed by atoms with Gasteiger partial charge in [0.25, 0.3) is 11.8 Å². The molecule has 0 atom stereocenters. The number of esters is 1. The van der Waals surface area contributed by atoms with Gasteiger partial charge in [-0.3, -0.25) is 14.4 Å². The van der Waals surface area contributed by atoms with Gasteiger partial charge in [0.15, 0.2) is 13.2 Å². The van der Waals surface area contributed by atoms with Gasteiger partial charge in [0.1, 0.15) is 11.3 Å². The average Bonchev–Trinajstić information content (AvgIpc) is 2.76. The van der Waals surface area contributed by atoms with E-state index in [2.05, 4.69) is 6.07 Å². The van der Waals surface area contributed by atoms with Crippen LogP contribution in [0.5, 0.6) is 5.75 Å². The molecule has 0 spiro atoms. The maximum absolute atomic E-state index is 12.4. The first kappa shape index (κ1) is 20.6. The number of ether oxygens (including phenoxy) is 2. The molecule has 29 heavy (non-hydrogen) atoms. The Morgan fingerprint density at radius 3 is 2.72 bits per heavy atom. The molecule has 0 saturated heterocycles. The lowest BCUT2D eigenvalue weighted by atomic mass is 9.81. The number of nitriles is 1. The summed E-state index contributed by atoms with van der Waals surface area (Å²) >= 11 is 0. The van der Waals surface area contributed by atoms with Crippen molar-refractivity contribution in [2.24, 2.45) is 0 Å². The molecule has 0 radical (unpaired) electrons. The largest absolute Gasteiger partial charge is 0.482 e. The highest BCUT2D eigenvalue weighted by atomic mass is 16.5. The summed E-state index contributed by atoms with van der Waals surface area (Å²) in [4.78, 5) is 39.6. The molecule has 2 aliphatic rings. The number of amides is 2. The van der Waals surface area contributed by atoms with Crippen molar-refractivity contribution < 1.29 is 23.9 Å². The first-order chi connectivity index (χ1) is 14.0. The molecular weight excluding hydrogens is 374 g/mol. The smallest absolute Gasteiger partial charge is 0.308 e. The molecule has 8 nitrogen and oxygen atoms in total. The summed E-state index contributed by atoms with van der Waals surface area (Å²) in [5, 5.41) is 9.57. The van der Waals surface area contributed by atoms with E-state index in [4.69, 9.17) is 9.47 Å². The molecule has 1 aromatic rings. The maximum atomic E-state index is 12.4. The lowest BCUT2D eigenvalue weighted by molar-refractivity contribution is -0.153. The van der Waals surface area contributed by atoms with Crippen LogP contribution < -0.4 is 9.64 Å². The van der Waals surface area contributed by atoms with Gasteiger partial charge in [-0.1, -0.05) is 31.4 Å². The van der Waals surface area contributed by atoms with E-state index < -0.39 is 24.0 Å². The number of likely N-dealkylation sites (N-methyl/N-ethyl adjacent to an activating group) is 1. The lowest BCUT2D eigenvalue weighted by Gasteiger charge is -2.38. The molecule has 0 aromatic heterocycles. The number of benzene rings is 1. The molecule has 1 aliphatic heterocycles. The van der Waals surface area contributed by atoms with Gasteiger partial charge in [-0.2, -0.15) is 5.26 Å². The minimum atomic E-state index is -0.814. The molecule has 8 heteroatoms. The van der Waals surface area contributed by atoms with Crippen molar-refractivity contribution in [3.05, 3.63) is 24.3 Å². The normalized spacial score (nSPS) is 17.5. The Morgan fingerprint density at radius 2 is 2.00 bits per heavy atom. The molecule has 1 saturated carbocycles. The molecule has 1 heterocycles. The van der Waals surface area contributed by atoms with E-state index >= 15 is 0 Å². The van der Waals surface area contributed by atoms with Gasteiger partial charge in [-0.25, -0.2) is 0 Å². The van der Waals surface area contributed by atoms with Gasteiger partial charge >= 0.3 is 5.97 Å². The Hall–Kier alpha value is -3.08. The van der Waals surface area contributed by atoms with Gasteiger partial charge in [0, 0.05) is 13.6 Å². The number of para-hydroxylation sites is 2. The number of hydrogen-bond acceptors (Lipinski definition) is 6. The number of fused-ring (bicyclic) bond motifs is 1. The van der Waals surface area contributed by atoms with Crippen LogP contribution in [0.15, 0.2) is 24.3 Å². The van der Waals surface area contributed by atoms with E-state index in [0.717, 1.165) is 19.3 Å². The molecule has 1 aromatic carbocycles. The van der Waals surface area contributed by atoms with E-state index in [1.54, 1.807) is 25.2 Å². The van der Waals surface area contributed by atoms with Gasteiger partial charge in [-0.05, 0) is 25.0 Å². The maximum Gasteiger partial charge on any atom is 0.308 e. The molecule has 1 fully saturated rings. The topological polar surface area (TPSA) is 99.9 Å². The van der Waals surface area contributed by atoms with Crippen LogP contribution in [-0.2, 0) is 19.1 Å². The second-order valence-corrected chi connectivity index (χ2v) is 7.37. The fourth-order valence-corrected chi connectivity index (χ4v) is 3.81. The molecular formula is C21H25N3O5. The second kappa shape index (κ2) is 8.95. The average molecular weight is 399 g/mol. The molecule has 154 valence electrons. The summed E-state index contributed by atoms with van der Waals surface area (Å²) < 4.78 is 10.5. The first-order valence-corrected chi connectivity index (χ1v) is 9.82. The third-order valence-electron chi connectivity index (χ3n) is 5.61. The standard InChI is InChI=1S/C21H25N3O5/c1-23(21(15-22)10-5-2-6-11-21)18(25)13-29-20(27)9-12-24-16-7-3-4-8-17(16)28-14-19(24)26/h3-4,7-8H,2,5-6,9-14H2,1H3. The summed E-state index contributed by atoms with van der Waals surface area (Å²) in [6, 6.07) is 9.39. The van der Waals surface area contributed by atoms with Crippen LogP contribution in [0.25, 0.3) is 0 Å². The van der Waals surface area contributed by atoms with Crippen LogP contribution in [-0.4, -0.2) is 55.0 Å². The van der Waals surface area contributed by atoms with Crippen LogP contribution in [0.2, 0.25) is 0 Å². The summed E-state index contributed by atoms with van der Waals surface area (Å²) in [7, 11) is 1.59. The number of rotatable bonds is 6. The van der Waals surface area contributed by atoms with Crippen molar-refractivity contribution in [2.45, 2.75) is 44.1 Å². The summed E-state index contributed by atoms with van der Waals surface area (Å²) in [6.07, 6.45) is 4.10. The summed E-state index contributed by atoms with van der Waals surface area (Å²) in [5.41, 5.74) is -0.202. The Balaban J connectivity index is 1.51. The van der Waals surface area contributed by atoms with Crippen LogP contribution in [0.4, 0.5) is 5.69 Å².